The second-order valence-electron chi connectivity index (χ2n) is 10.0. The lowest BCUT2D eigenvalue weighted by Crippen LogP contribution is -2.40. The van der Waals surface area contributed by atoms with E-state index in [0.717, 1.165) is 10.1 Å². The number of hydrogen-bond donors (Lipinski definition) is 2. The van der Waals surface area contributed by atoms with Gasteiger partial charge in [-0.25, -0.2) is 9.59 Å². The lowest BCUT2D eigenvalue weighted by molar-refractivity contribution is -0.148. The molecule has 0 heterocycles. The highest BCUT2D eigenvalue weighted by Gasteiger charge is 2.23. The average Bonchev–Trinajstić information content (AvgIpc) is 2.75. The Bertz CT molecular complexity index is 888. The van der Waals surface area contributed by atoms with Gasteiger partial charge in [-0.15, -0.1) is 11.8 Å². The predicted octanol–water partition coefficient (Wildman–Crippen LogP) is 6.66. The summed E-state index contributed by atoms with van der Waals surface area (Å²) in [4.78, 5) is 36.9. The van der Waals surface area contributed by atoms with Gasteiger partial charge in [0.15, 0.2) is 0 Å². The van der Waals surface area contributed by atoms with E-state index in [1.54, 1.807) is 39.8 Å². The third-order valence-electron chi connectivity index (χ3n) is 4.83. The van der Waals surface area contributed by atoms with Crippen molar-refractivity contribution in [2.24, 2.45) is 5.73 Å². The van der Waals surface area contributed by atoms with Gasteiger partial charge in [0.1, 0.15) is 17.8 Å². The molecule has 2 unspecified atom stereocenters. The summed E-state index contributed by atoms with van der Waals surface area (Å²) in [6.07, 6.45) is 9.39. The molecule has 0 aliphatic heterocycles. The lowest BCUT2D eigenvalue weighted by Gasteiger charge is -2.24. The Kier molecular flexibility index (Phi) is 17.9. The zero-order valence-electron chi connectivity index (χ0n) is 24.0. The first kappa shape index (κ1) is 35.8. The minimum absolute atomic E-state index is 0.00838. The normalized spacial score (nSPS) is 15.6. The van der Waals surface area contributed by atoms with E-state index in [4.69, 9.17) is 19.9 Å². The van der Waals surface area contributed by atoms with Crippen molar-refractivity contribution in [3.05, 3.63) is 45.5 Å². The van der Waals surface area contributed by atoms with Gasteiger partial charge in [0, 0.05) is 24.2 Å². The van der Waals surface area contributed by atoms with Gasteiger partial charge in [0.05, 0.1) is 6.42 Å². The largest absolute Gasteiger partial charge is 0.462 e. The fraction of sp³-hybridized carbons (Fsp3) is 0.607. The van der Waals surface area contributed by atoms with Crippen molar-refractivity contribution in [2.45, 2.75) is 104 Å². The molecule has 0 saturated heterocycles. The minimum atomic E-state index is -0.655. The number of allylic oxidation sites excluding steroid dienone is 4. The Balaban J connectivity index is 4.95. The molecule has 0 aliphatic rings. The second kappa shape index (κ2) is 19.0. The molecule has 0 aromatic rings. The van der Waals surface area contributed by atoms with Gasteiger partial charge in [-0.3, -0.25) is 4.79 Å². The molecule has 0 aliphatic carbocycles. The summed E-state index contributed by atoms with van der Waals surface area (Å²) in [5.41, 5.74) is 6.92. The molecule has 216 valence electrons. The first-order valence-corrected chi connectivity index (χ1v) is 14.8. The van der Waals surface area contributed by atoms with E-state index < -0.39 is 29.7 Å². The highest BCUT2D eigenvalue weighted by atomic mass is 79.9. The third-order valence-corrected chi connectivity index (χ3v) is 5.63. The third kappa shape index (κ3) is 19.9. The van der Waals surface area contributed by atoms with Gasteiger partial charge in [-0.1, -0.05) is 40.6 Å². The van der Waals surface area contributed by atoms with Crippen molar-refractivity contribution >= 4 is 45.7 Å². The van der Waals surface area contributed by atoms with Crippen molar-refractivity contribution in [1.29, 1.82) is 0 Å². The topological polar surface area (TPSA) is 117 Å². The van der Waals surface area contributed by atoms with Crippen molar-refractivity contribution in [2.75, 3.05) is 6.26 Å². The average molecular weight is 618 g/mol. The van der Waals surface area contributed by atoms with E-state index in [0.29, 0.717) is 31.4 Å². The molecule has 0 aromatic heterocycles. The van der Waals surface area contributed by atoms with E-state index in [1.807, 2.05) is 38.5 Å². The molecule has 0 fully saturated rings. The number of amides is 1. The van der Waals surface area contributed by atoms with Crippen molar-refractivity contribution in [1.82, 2.24) is 5.32 Å². The number of esters is 2. The van der Waals surface area contributed by atoms with E-state index in [9.17, 15) is 14.4 Å². The first-order chi connectivity index (χ1) is 17.6. The summed E-state index contributed by atoms with van der Waals surface area (Å²) in [5.74, 6) is -0.861. The van der Waals surface area contributed by atoms with Gasteiger partial charge in [-0.2, -0.15) is 0 Å². The molecule has 0 saturated carbocycles. The van der Waals surface area contributed by atoms with E-state index in [1.165, 1.54) is 17.8 Å². The van der Waals surface area contributed by atoms with E-state index in [-0.39, 0.29) is 18.6 Å². The molecule has 0 bridgehead atoms. The number of thioether (sulfide) groups is 1. The molecule has 0 radical (unpaired) electrons. The zero-order valence-corrected chi connectivity index (χ0v) is 26.4. The van der Waals surface area contributed by atoms with Crippen molar-refractivity contribution in [3.63, 3.8) is 0 Å². The maximum Gasteiger partial charge on any atom is 0.407 e. The molecule has 10 heteroatoms. The molecule has 8 nitrogen and oxygen atoms in total. The highest BCUT2D eigenvalue weighted by Crippen LogP contribution is 2.15. The van der Waals surface area contributed by atoms with Crippen LogP contribution in [0.2, 0.25) is 0 Å². The number of carbonyl (C=O) groups is 3. The molecule has 38 heavy (non-hydrogen) atoms. The Labute approximate surface area is 241 Å². The number of nitrogens with two attached hydrogens (primary N) is 1. The van der Waals surface area contributed by atoms with Crippen LogP contribution in [0.3, 0.4) is 0 Å². The van der Waals surface area contributed by atoms with Crippen LogP contribution in [-0.2, 0) is 23.8 Å². The second-order valence-corrected chi connectivity index (χ2v) is 12.0. The summed E-state index contributed by atoms with van der Waals surface area (Å²) in [6, 6.07) is -0.487. The predicted molar refractivity (Wildman–Crippen MR) is 159 cm³/mol. The molecule has 3 atom stereocenters. The Morgan fingerprint density at radius 2 is 1.79 bits per heavy atom. The van der Waals surface area contributed by atoms with E-state index in [2.05, 4.69) is 21.2 Å². The molecule has 0 rings (SSSR count). The number of ether oxygens (including phenoxy) is 3. The zero-order chi connectivity index (χ0) is 29.3. The summed E-state index contributed by atoms with van der Waals surface area (Å²) in [6.45, 7) is 12.8. The van der Waals surface area contributed by atoms with Gasteiger partial charge in [0.25, 0.3) is 0 Å². The van der Waals surface area contributed by atoms with Gasteiger partial charge >= 0.3 is 18.0 Å². The smallest absolute Gasteiger partial charge is 0.407 e. The number of nitrogens with one attached hydrogen (secondary N) is 1. The Hall–Kier alpha value is -2.20. The number of rotatable bonds is 15. The summed E-state index contributed by atoms with van der Waals surface area (Å²) < 4.78 is 17.2. The highest BCUT2D eigenvalue weighted by molar-refractivity contribution is 9.11. The van der Waals surface area contributed by atoms with Crippen LogP contribution < -0.4 is 11.1 Å². The molecule has 3 N–H and O–H groups in total. The summed E-state index contributed by atoms with van der Waals surface area (Å²) >= 11 is 4.84. The molecule has 0 spiro atoms. The SMILES string of the molecule is CCC(/C=C(\C)Br)OC(=O)/C=C\C=C(/C)CC(C)OC(=O)C[C@@H](CC/C(N)=C/SC)NC(=O)OC(C)(C)C. The maximum absolute atomic E-state index is 12.6. The Morgan fingerprint density at radius 1 is 1.13 bits per heavy atom. The number of halogens is 1. The molecule has 0 aromatic carbocycles. The fourth-order valence-electron chi connectivity index (χ4n) is 3.26. The van der Waals surface area contributed by atoms with Crippen LogP contribution in [0.15, 0.2) is 45.5 Å². The van der Waals surface area contributed by atoms with Gasteiger partial charge in [0.2, 0.25) is 0 Å². The van der Waals surface area contributed by atoms with Gasteiger partial charge in [-0.05, 0) is 83.0 Å². The van der Waals surface area contributed by atoms with Crippen molar-refractivity contribution in [3.8, 4) is 0 Å². The van der Waals surface area contributed by atoms with E-state index >= 15 is 0 Å². The van der Waals surface area contributed by atoms with Gasteiger partial charge < -0.3 is 25.3 Å². The lowest BCUT2D eigenvalue weighted by atomic mass is 10.1. The van der Waals surface area contributed by atoms with Crippen molar-refractivity contribution < 1.29 is 28.6 Å². The number of alkyl carbamates (subject to hydrolysis) is 1. The number of hydrogen-bond acceptors (Lipinski definition) is 8. The molecular weight excluding hydrogens is 572 g/mol. The van der Waals surface area contributed by atoms with Crippen LogP contribution in [0.4, 0.5) is 4.79 Å². The summed E-state index contributed by atoms with van der Waals surface area (Å²) in [7, 11) is 0. The maximum atomic E-state index is 12.6. The summed E-state index contributed by atoms with van der Waals surface area (Å²) in [5, 5.41) is 4.59. The number of carbonyl (C=O) groups excluding carboxylic acids is 3. The monoisotopic (exact) mass is 616 g/mol. The standard InChI is InChI=1S/C28H45BrN2O6S/c1-9-24(16-20(3)29)36-25(32)12-10-11-19(2)15-21(4)35-26(33)17-23(14-13-22(30)18-38-8)31-27(34)37-28(5,6)7/h10-12,16,18,21,23-24H,9,13-15,17,30H2,1-8H3,(H,31,34)/b12-10-,19-11+,20-16+,22-18-/t21?,23-,24?/m1/s1. The van der Waals surface area contributed by atoms with Crippen LogP contribution in [0, 0.1) is 0 Å². The molecular formula is C28H45BrN2O6S. The quantitative estimate of drug-likeness (QED) is 0.0907. The fourth-order valence-corrected chi connectivity index (χ4v) is 3.97. The first-order valence-electron chi connectivity index (χ1n) is 12.7. The van der Waals surface area contributed by atoms with Crippen LogP contribution >= 0.6 is 27.7 Å². The van der Waals surface area contributed by atoms with Crippen LogP contribution in [-0.4, -0.2) is 48.1 Å². The Morgan fingerprint density at radius 3 is 2.34 bits per heavy atom. The van der Waals surface area contributed by atoms with Crippen LogP contribution in [0.1, 0.15) is 80.6 Å². The minimum Gasteiger partial charge on any atom is -0.462 e. The van der Waals surface area contributed by atoms with Crippen LogP contribution in [0.5, 0.6) is 0 Å². The van der Waals surface area contributed by atoms with Crippen LogP contribution in [0.25, 0.3) is 0 Å². The molecule has 1 amide bonds.